The normalized spacial score (nSPS) is 11.2. The van der Waals surface area contributed by atoms with Gasteiger partial charge in [-0.2, -0.15) is 0 Å². The summed E-state index contributed by atoms with van der Waals surface area (Å²) in [5.41, 5.74) is 6.65. The molecule has 3 N–H and O–H groups in total. The lowest BCUT2D eigenvalue weighted by atomic mass is 9.87. The van der Waals surface area contributed by atoms with Crippen LogP contribution in [-0.2, 0) is 10.2 Å². The fourth-order valence-electron chi connectivity index (χ4n) is 2.04. The van der Waals surface area contributed by atoms with Gasteiger partial charge in [0.15, 0.2) is 5.11 Å². The fourth-order valence-corrected chi connectivity index (χ4v) is 2.81. The molecular formula is C19H21N3O2S2. The van der Waals surface area contributed by atoms with Crippen molar-refractivity contribution in [2.24, 2.45) is 0 Å². The summed E-state index contributed by atoms with van der Waals surface area (Å²) in [6, 6.07) is 11.1. The van der Waals surface area contributed by atoms with Crippen LogP contribution in [-0.4, -0.2) is 16.9 Å². The standard InChI is InChI=1S/C19H21N3O2S2/c1-19(2,3)14-8-6-13(7-9-14)17(24)21-22-18(25)20-16(23)11-10-15-5-4-12-26-15/h4-12H,1-3H3,(H,21,24)(H2,20,22,23,25)/b11-10+. The van der Waals surface area contributed by atoms with E-state index in [-0.39, 0.29) is 22.3 Å². The third-order valence-corrected chi connectivity index (χ3v) is 4.52. The van der Waals surface area contributed by atoms with Crippen LogP contribution < -0.4 is 16.2 Å². The molecule has 7 heteroatoms. The SMILES string of the molecule is CC(C)(C)c1ccc(C(=O)NNC(=S)NC(=O)/C=C/c2cccs2)cc1. The first-order chi connectivity index (χ1) is 12.3. The largest absolute Gasteiger partial charge is 0.298 e. The molecule has 0 aliphatic heterocycles. The van der Waals surface area contributed by atoms with Gasteiger partial charge in [0, 0.05) is 16.5 Å². The van der Waals surface area contributed by atoms with Crippen LogP contribution >= 0.6 is 23.6 Å². The second kappa shape index (κ2) is 8.73. The molecule has 0 saturated heterocycles. The van der Waals surface area contributed by atoms with Gasteiger partial charge in [-0.25, -0.2) is 0 Å². The highest BCUT2D eigenvalue weighted by atomic mass is 32.1. The molecule has 0 aliphatic rings. The third kappa shape index (κ3) is 6.09. The Kier molecular flexibility index (Phi) is 6.65. The van der Waals surface area contributed by atoms with E-state index in [4.69, 9.17) is 12.2 Å². The summed E-state index contributed by atoms with van der Waals surface area (Å²) in [6.45, 7) is 6.33. The lowest BCUT2D eigenvalue weighted by molar-refractivity contribution is -0.115. The zero-order valence-corrected chi connectivity index (χ0v) is 16.5. The van der Waals surface area contributed by atoms with Gasteiger partial charge < -0.3 is 0 Å². The molecule has 136 valence electrons. The first kappa shape index (κ1) is 19.8. The number of carbonyl (C=O) groups excluding carboxylic acids is 2. The van der Waals surface area contributed by atoms with Gasteiger partial charge in [-0.1, -0.05) is 39.0 Å². The zero-order chi connectivity index (χ0) is 19.2. The van der Waals surface area contributed by atoms with Crippen LogP contribution in [0, 0.1) is 0 Å². The van der Waals surface area contributed by atoms with Crippen molar-refractivity contribution in [2.45, 2.75) is 26.2 Å². The number of nitrogens with one attached hydrogen (secondary N) is 3. The number of hydrogen-bond acceptors (Lipinski definition) is 4. The Bertz CT molecular complexity index is 804. The van der Waals surface area contributed by atoms with Gasteiger partial charge in [0.1, 0.15) is 0 Å². The molecule has 0 spiro atoms. The van der Waals surface area contributed by atoms with E-state index in [9.17, 15) is 9.59 Å². The van der Waals surface area contributed by atoms with Gasteiger partial charge in [-0.15, -0.1) is 11.3 Å². The second-order valence-corrected chi connectivity index (χ2v) is 7.96. The number of rotatable bonds is 3. The van der Waals surface area contributed by atoms with Crippen LogP contribution in [0.2, 0.25) is 0 Å². The molecule has 0 aliphatic carbocycles. The van der Waals surface area contributed by atoms with Crippen molar-refractivity contribution in [1.82, 2.24) is 16.2 Å². The number of benzene rings is 1. The number of hydrogen-bond donors (Lipinski definition) is 3. The van der Waals surface area contributed by atoms with Crippen molar-refractivity contribution in [3.63, 3.8) is 0 Å². The van der Waals surface area contributed by atoms with Crippen LogP contribution in [0.15, 0.2) is 47.9 Å². The highest BCUT2D eigenvalue weighted by Crippen LogP contribution is 2.22. The Labute approximate surface area is 162 Å². The minimum atomic E-state index is -0.375. The van der Waals surface area contributed by atoms with Crippen molar-refractivity contribution < 1.29 is 9.59 Å². The van der Waals surface area contributed by atoms with Gasteiger partial charge in [0.05, 0.1) is 0 Å². The quantitative estimate of drug-likeness (QED) is 0.429. The van der Waals surface area contributed by atoms with Crippen molar-refractivity contribution in [3.8, 4) is 0 Å². The Morgan fingerprint density at radius 1 is 1.08 bits per heavy atom. The zero-order valence-electron chi connectivity index (χ0n) is 14.8. The first-order valence-electron chi connectivity index (χ1n) is 7.99. The number of amides is 2. The molecule has 1 aromatic heterocycles. The second-order valence-electron chi connectivity index (χ2n) is 6.57. The smallest absolute Gasteiger partial charge is 0.269 e. The molecule has 26 heavy (non-hydrogen) atoms. The third-order valence-electron chi connectivity index (χ3n) is 3.48. The summed E-state index contributed by atoms with van der Waals surface area (Å²) in [4.78, 5) is 24.8. The average Bonchev–Trinajstić information content (AvgIpc) is 3.11. The lowest BCUT2D eigenvalue weighted by Crippen LogP contribution is -2.48. The van der Waals surface area contributed by atoms with Crippen LogP contribution in [0.25, 0.3) is 6.08 Å². The van der Waals surface area contributed by atoms with Crippen molar-refractivity contribution in [3.05, 3.63) is 63.9 Å². The number of thiophene rings is 1. The van der Waals surface area contributed by atoms with E-state index in [1.807, 2.05) is 29.6 Å². The molecular weight excluding hydrogens is 366 g/mol. The molecule has 5 nitrogen and oxygen atoms in total. The van der Waals surface area contributed by atoms with E-state index in [1.54, 1.807) is 18.2 Å². The minimum absolute atomic E-state index is 0.0190. The van der Waals surface area contributed by atoms with E-state index in [2.05, 4.69) is 36.9 Å². The summed E-state index contributed by atoms with van der Waals surface area (Å²) < 4.78 is 0. The van der Waals surface area contributed by atoms with Crippen molar-refractivity contribution in [2.75, 3.05) is 0 Å². The van der Waals surface area contributed by atoms with Gasteiger partial charge in [0.2, 0.25) is 5.91 Å². The summed E-state index contributed by atoms with van der Waals surface area (Å²) in [7, 11) is 0. The topological polar surface area (TPSA) is 70.2 Å². The Morgan fingerprint density at radius 2 is 1.77 bits per heavy atom. The van der Waals surface area contributed by atoms with Crippen LogP contribution in [0.1, 0.15) is 41.6 Å². The number of carbonyl (C=O) groups is 2. The number of hydrazine groups is 1. The van der Waals surface area contributed by atoms with E-state index >= 15 is 0 Å². The van der Waals surface area contributed by atoms with E-state index in [1.165, 1.54) is 17.4 Å². The Hall–Kier alpha value is -2.51. The summed E-state index contributed by atoms with van der Waals surface area (Å²) in [6.07, 6.45) is 3.07. The van der Waals surface area contributed by atoms with Crippen LogP contribution in [0.4, 0.5) is 0 Å². The fraction of sp³-hybridized carbons (Fsp3) is 0.211. The highest BCUT2D eigenvalue weighted by Gasteiger charge is 2.14. The van der Waals surface area contributed by atoms with E-state index in [0.29, 0.717) is 5.56 Å². The molecule has 0 unspecified atom stereocenters. The lowest BCUT2D eigenvalue weighted by Gasteiger charge is -2.19. The summed E-state index contributed by atoms with van der Waals surface area (Å²) in [5, 5.41) is 4.41. The van der Waals surface area contributed by atoms with Crippen LogP contribution in [0.3, 0.4) is 0 Å². The molecule has 0 saturated carbocycles. The molecule has 0 bridgehead atoms. The Balaban J connectivity index is 1.81. The summed E-state index contributed by atoms with van der Waals surface area (Å²) in [5.74, 6) is -0.712. The van der Waals surface area contributed by atoms with Crippen molar-refractivity contribution >= 4 is 46.6 Å². The van der Waals surface area contributed by atoms with Gasteiger partial charge in [-0.05, 0) is 52.9 Å². The average molecular weight is 388 g/mol. The molecule has 1 heterocycles. The molecule has 0 atom stereocenters. The predicted molar refractivity (Wildman–Crippen MR) is 110 cm³/mol. The summed E-state index contributed by atoms with van der Waals surface area (Å²) >= 11 is 6.52. The van der Waals surface area contributed by atoms with E-state index in [0.717, 1.165) is 10.4 Å². The monoisotopic (exact) mass is 387 g/mol. The molecule has 2 amide bonds. The maximum atomic E-state index is 12.1. The first-order valence-corrected chi connectivity index (χ1v) is 9.28. The molecule has 0 radical (unpaired) electrons. The highest BCUT2D eigenvalue weighted by molar-refractivity contribution is 7.80. The van der Waals surface area contributed by atoms with Gasteiger partial charge >= 0.3 is 0 Å². The van der Waals surface area contributed by atoms with Crippen LogP contribution in [0.5, 0.6) is 0 Å². The maximum Gasteiger partial charge on any atom is 0.269 e. The predicted octanol–water partition coefficient (Wildman–Crippen LogP) is 3.39. The molecule has 0 fully saturated rings. The van der Waals surface area contributed by atoms with E-state index < -0.39 is 0 Å². The molecule has 2 rings (SSSR count). The maximum absolute atomic E-state index is 12.1. The van der Waals surface area contributed by atoms with Gasteiger partial charge in [0.25, 0.3) is 5.91 Å². The van der Waals surface area contributed by atoms with Crippen molar-refractivity contribution in [1.29, 1.82) is 0 Å². The Morgan fingerprint density at radius 3 is 2.35 bits per heavy atom. The minimum Gasteiger partial charge on any atom is -0.298 e. The molecule has 2 aromatic rings. The number of thiocarbonyl (C=S) groups is 1. The molecule has 1 aromatic carbocycles. The van der Waals surface area contributed by atoms with Gasteiger partial charge in [-0.3, -0.25) is 25.8 Å².